The van der Waals surface area contributed by atoms with E-state index in [-0.39, 0.29) is 30.0 Å². The fraction of sp³-hybridized carbons (Fsp3) is 0.455. The van der Waals surface area contributed by atoms with Crippen LogP contribution in [-0.2, 0) is 17.5 Å². The first-order chi connectivity index (χ1) is 15.1. The molecule has 0 spiro atoms. The predicted octanol–water partition coefficient (Wildman–Crippen LogP) is 4.00. The van der Waals surface area contributed by atoms with Gasteiger partial charge in [0.1, 0.15) is 12.4 Å². The van der Waals surface area contributed by atoms with Crippen LogP contribution in [-0.4, -0.2) is 39.4 Å². The number of halogens is 3. The van der Waals surface area contributed by atoms with E-state index in [1.807, 2.05) is 6.07 Å². The molecule has 1 aromatic carbocycles. The summed E-state index contributed by atoms with van der Waals surface area (Å²) in [5.41, 5.74) is -0.315. The summed E-state index contributed by atoms with van der Waals surface area (Å²) in [4.78, 5) is 31.3. The molecule has 1 saturated carbocycles. The van der Waals surface area contributed by atoms with Gasteiger partial charge in [-0.05, 0) is 44.4 Å². The van der Waals surface area contributed by atoms with Crippen molar-refractivity contribution in [3.8, 4) is 6.07 Å². The van der Waals surface area contributed by atoms with Crippen molar-refractivity contribution in [2.75, 3.05) is 12.4 Å². The Balaban J connectivity index is 1.69. The lowest BCUT2D eigenvalue weighted by Crippen LogP contribution is -2.42. The lowest BCUT2D eigenvalue weighted by molar-refractivity contribution is -0.137. The number of imidazole rings is 1. The van der Waals surface area contributed by atoms with Gasteiger partial charge in [-0.2, -0.15) is 18.4 Å². The summed E-state index contributed by atoms with van der Waals surface area (Å²) in [6.07, 6.45) is -0.633. The van der Waals surface area contributed by atoms with Crippen LogP contribution in [0, 0.1) is 24.2 Å². The highest BCUT2D eigenvalue weighted by Gasteiger charge is 2.34. The molecule has 170 valence electrons. The highest BCUT2D eigenvalue weighted by molar-refractivity contribution is 5.95. The number of aromatic nitrogens is 2. The second kappa shape index (κ2) is 9.42. The molecule has 0 radical (unpaired) electrons. The van der Waals surface area contributed by atoms with Gasteiger partial charge >= 0.3 is 6.18 Å². The smallest absolute Gasteiger partial charge is 0.339 e. The van der Waals surface area contributed by atoms with Gasteiger partial charge in [0, 0.05) is 24.6 Å². The van der Waals surface area contributed by atoms with Crippen LogP contribution in [0.25, 0.3) is 0 Å². The fourth-order valence-corrected chi connectivity index (χ4v) is 4.01. The van der Waals surface area contributed by atoms with Crippen LogP contribution < -0.4 is 5.32 Å². The molecule has 0 bridgehead atoms. The van der Waals surface area contributed by atoms with Crippen molar-refractivity contribution in [3.63, 3.8) is 0 Å². The van der Waals surface area contributed by atoms with Gasteiger partial charge in [-0.15, -0.1) is 0 Å². The van der Waals surface area contributed by atoms with Crippen molar-refractivity contribution in [1.82, 2.24) is 14.5 Å². The SMILES string of the molecule is Cc1ncn(CC#N)c1NC(=O)C1CCCC(N(C)C(=O)c2cccc(C(F)(F)F)c2)C1. The van der Waals surface area contributed by atoms with Crippen molar-refractivity contribution in [1.29, 1.82) is 5.26 Å². The standard InChI is InChI=1S/C22H24F3N5O2/c1-14-19(30(10-9-26)13-27-14)28-20(31)15-5-4-8-18(12-15)29(2)21(32)16-6-3-7-17(11-16)22(23,24)25/h3,6-7,11,13,15,18H,4-5,8,10,12H2,1-2H3,(H,28,31). The van der Waals surface area contributed by atoms with E-state index in [9.17, 15) is 22.8 Å². The number of nitrogens with zero attached hydrogens (tertiary/aromatic N) is 4. The topological polar surface area (TPSA) is 91.0 Å². The van der Waals surface area contributed by atoms with Crippen molar-refractivity contribution in [2.45, 2.75) is 51.4 Å². The Bertz CT molecular complexity index is 1040. The van der Waals surface area contributed by atoms with Crippen LogP contribution in [0.3, 0.4) is 0 Å². The molecule has 1 aliphatic carbocycles. The number of carbonyl (C=O) groups excluding carboxylic acids is 2. The Hall–Kier alpha value is -3.35. The van der Waals surface area contributed by atoms with Crippen LogP contribution in [0.2, 0.25) is 0 Å². The summed E-state index contributed by atoms with van der Waals surface area (Å²) in [6.45, 7) is 1.78. The maximum atomic E-state index is 13.0. The van der Waals surface area contributed by atoms with Crippen LogP contribution in [0.1, 0.15) is 47.3 Å². The van der Waals surface area contributed by atoms with E-state index in [1.54, 1.807) is 18.5 Å². The van der Waals surface area contributed by atoms with E-state index in [4.69, 9.17) is 5.26 Å². The molecule has 1 aromatic heterocycles. The molecule has 1 heterocycles. The van der Waals surface area contributed by atoms with Crippen LogP contribution >= 0.6 is 0 Å². The Morgan fingerprint density at radius 3 is 2.78 bits per heavy atom. The van der Waals surface area contributed by atoms with Crippen molar-refractivity contribution in [2.24, 2.45) is 5.92 Å². The van der Waals surface area contributed by atoms with Crippen molar-refractivity contribution >= 4 is 17.6 Å². The third kappa shape index (κ3) is 5.10. The van der Waals surface area contributed by atoms with Gasteiger partial charge in [0.05, 0.1) is 23.7 Å². The molecule has 0 saturated heterocycles. The van der Waals surface area contributed by atoms with Gasteiger partial charge in [0.15, 0.2) is 0 Å². The summed E-state index contributed by atoms with van der Waals surface area (Å²) in [7, 11) is 1.56. The average molecular weight is 447 g/mol. The molecule has 3 rings (SSSR count). The first-order valence-corrected chi connectivity index (χ1v) is 10.3. The quantitative estimate of drug-likeness (QED) is 0.750. The summed E-state index contributed by atoms with van der Waals surface area (Å²) in [5, 5.41) is 11.8. The summed E-state index contributed by atoms with van der Waals surface area (Å²) < 4.78 is 40.5. The molecule has 2 aromatic rings. The number of carbonyl (C=O) groups is 2. The molecule has 1 N–H and O–H groups in total. The molecule has 10 heteroatoms. The first kappa shape index (κ1) is 23.3. The van der Waals surface area contributed by atoms with Gasteiger partial charge in [0.2, 0.25) is 5.91 Å². The minimum atomic E-state index is -4.53. The minimum absolute atomic E-state index is 0.0371. The Morgan fingerprint density at radius 1 is 1.34 bits per heavy atom. The number of anilines is 1. The zero-order valence-electron chi connectivity index (χ0n) is 17.8. The zero-order valence-corrected chi connectivity index (χ0v) is 17.8. The third-order valence-corrected chi connectivity index (χ3v) is 5.83. The Labute approximate surface area is 183 Å². The number of nitriles is 1. The summed E-state index contributed by atoms with van der Waals surface area (Å²) >= 11 is 0. The summed E-state index contributed by atoms with van der Waals surface area (Å²) in [6, 6.07) is 6.10. The van der Waals surface area contributed by atoms with Gasteiger partial charge in [-0.3, -0.25) is 9.59 Å². The van der Waals surface area contributed by atoms with Gasteiger partial charge in [0.25, 0.3) is 5.91 Å². The van der Waals surface area contributed by atoms with E-state index in [0.717, 1.165) is 12.1 Å². The van der Waals surface area contributed by atoms with Crippen LogP contribution in [0.4, 0.5) is 19.0 Å². The van der Waals surface area contributed by atoms with Crippen LogP contribution in [0.5, 0.6) is 0 Å². The summed E-state index contributed by atoms with van der Waals surface area (Å²) in [5.74, 6) is -0.634. The van der Waals surface area contributed by atoms with Crippen molar-refractivity contribution < 1.29 is 22.8 Å². The Morgan fingerprint density at radius 2 is 2.09 bits per heavy atom. The highest BCUT2D eigenvalue weighted by atomic mass is 19.4. The van der Waals surface area contributed by atoms with Gasteiger partial charge in [-0.1, -0.05) is 12.5 Å². The molecule has 32 heavy (non-hydrogen) atoms. The molecule has 2 unspecified atom stereocenters. The molecule has 0 aliphatic heterocycles. The fourth-order valence-electron chi connectivity index (χ4n) is 4.01. The van der Waals surface area contributed by atoms with E-state index < -0.39 is 17.6 Å². The molecule has 1 aliphatic rings. The lowest BCUT2D eigenvalue weighted by atomic mass is 9.84. The number of hydrogen-bond donors (Lipinski definition) is 1. The average Bonchev–Trinajstić information content (AvgIpc) is 3.11. The second-order valence-electron chi connectivity index (χ2n) is 7.97. The van der Waals surface area contributed by atoms with Crippen LogP contribution in [0.15, 0.2) is 30.6 Å². The highest BCUT2D eigenvalue weighted by Crippen LogP contribution is 2.32. The molecular formula is C22H24F3N5O2. The third-order valence-electron chi connectivity index (χ3n) is 5.83. The van der Waals surface area contributed by atoms with Gasteiger partial charge < -0.3 is 14.8 Å². The number of alkyl halides is 3. The van der Waals surface area contributed by atoms with E-state index in [0.29, 0.717) is 37.2 Å². The maximum absolute atomic E-state index is 13.0. The van der Waals surface area contributed by atoms with E-state index in [1.165, 1.54) is 23.4 Å². The van der Waals surface area contributed by atoms with E-state index in [2.05, 4.69) is 10.3 Å². The number of amides is 2. The van der Waals surface area contributed by atoms with Gasteiger partial charge in [-0.25, -0.2) is 4.98 Å². The number of rotatable bonds is 5. The number of aryl methyl sites for hydroxylation is 1. The molecule has 2 atom stereocenters. The lowest BCUT2D eigenvalue weighted by Gasteiger charge is -2.35. The molecule has 2 amide bonds. The second-order valence-corrected chi connectivity index (χ2v) is 7.97. The Kier molecular flexibility index (Phi) is 6.87. The molecule has 7 nitrogen and oxygen atoms in total. The molecule has 1 fully saturated rings. The number of hydrogen-bond acceptors (Lipinski definition) is 4. The van der Waals surface area contributed by atoms with E-state index >= 15 is 0 Å². The minimum Gasteiger partial charge on any atom is -0.339 e. The van der Waals surface area contributed by atoms with Crippen molar-refractivity contribution in [3.05, 3.63) is 47.4 Å². The molecular weight excluding hydrogens is 423 g/mol. The first-order valence-electron chi connectivity index (χ1n) is 10.3. The zero-order chi connectivity index (χ0) is 23.5. The largest absolute Gasteiger partial charge is 0.416 e. The predicted molar refractivity (Wildman–Crippen MR) is 110 cm³/mol. The monoisotopic (exact) mass is 447 g/mol. The number of nitrogens with one attached hydrogen (secondary N) is 1. The normalized spacial score (nSPS) is 18.6. The number of benzene rings is 1. The maximum Gasteiger partial charge on any atom is 0.416 e.